The van der Waals surface area contributed by atoms with Gasteiger partial charge in [-0.3, -0.25) is 4.90 Å². The molecule has 0 heterocycles. The summed E-state index contributed by atoms with van der Waals surface area (Å²) >= 11 is 4.88. The minimum absolute atomic E-state index is 0.194. The monoisotopic (exact) mass is 254 g/mol. The first-order valence-electron chi connectivity index (χ1n) is 5.76. The van der Waals surface area contributed by atoms with Gasteiger partial charge >= 0.3 is 0 Å². The molecule has 0 saturated carbocycles. The number of nitrogens with zero attached hydrogens (tertiary/aromatic N) is 1. The Labute approximate surface area is 108 Å². The molecule has 0 fully saturated rings. The molecular formula is C13H19FN2S. The van der Waals surface area contributed by atoms with E-state index in [1.807, 2.05) is 6.07 Å². The van der Waals surface area contributed by atoms with Gasteiger partial charge in [-0.15, -0.1) is 0 Å². The maximum atomic E-state index is 13.1. The van der Waals surface area contributed by atoms with Crippen LogP contribution in [0.15, 0.2) is 24.3 Å². The molecule has 0 aliphatic carbocycles. The summed E-state index contributed by atoms with van der Waals surface area (Å²) in [5.74, 6) is -0.194. The normalized spacial score (nSPS) is 11.1. The zero-order valence-electron chi connectivity index (χ0n) is 10.3. The summed E-state index contributed by atoms with van der Waals surface area (Å²) < 4.78 is 13.1. The highest BCUT2D eigenvalue weighted by molar-refractivity contribution is 7.80. The molecule has 0 bridgehead atoms. The van der Waals surface area contributed by atoms with E-state index in [-0.39, 0.29) is 5.82 Å². The molecule has 2 nitrogen and oxygen atoms in total. The maximum absolute atomic E-state index is 13.1. The topological polar surface area (TPSA) is 29.3 Å². The lowest BCUT2D eigenvalue weighted by molar-refractivity contribution is 0.219. The van der Waals surface area contributed by atoms with Crippen LogP contribution in [0.2, 0.25) is 0 Å². The van der Waals surface area contributed by atoms with E-state index in [2.05, 4.69) is 18.7 Å². The van der Waals surface area contributed by atoms with Gasteiger partial charge in [0.05, 0.1) is 4.99 Å². The van der Waals surface area contributed by atoms with Crippen LogP contribution in [0.5, 0.6) is 0 Å². The predicted molar refractivity (Wildman–Crippen MR) is 73.3 cm³/mol. The highest BCUT2D eigenvalue weighted by Gasteiger charge is 2.10. The van der Waals surface area contributed by atoms with Crippen LogP contribution in [-0.2, 0) is 6.54 Å². The molecule has 0 aliphatic heterocycles. The number of rotatable bonds is 6. The van der Waals surface area contributed by atoms with Gasteiger partial charge in [-0.05, 0) is 31.5 Å². The Hall–Kier alpha value is -1.00. The third kappa shape index (κ3) is 5.24. The summed E-state index contributed by atoms with van der Waals surface area (Å²) in [5, 5.41) is 0. The van der Waals surface area contributed by atoms with Gasteiger partial charge in [-0.1, -0.05) is 24.4 Å². The fourth-order valence-electron chi connectivity index (χ4n) is 1.64. The van der Waals surface area contributed by atoms with E-state index in [1.165, 1.54) is 6.07 Å². The second kappa shape index (κ2) is 6.67. The third-order valence-corrected chi connectivity index (χ3v) is 2.85. The van der Waals surface area contributed by atoms with E-state index in [0.717, 1.165) is 18.7 Å². The molecule has 94 valence electrons. The molecular weight excluding hydrogens is 235 g/mol. The Morgan fingerprint density at radius 1 is 1.47 bits per heavy atom. The van der Waals surface area contributed by atoms with E-state index < -0.39 is 0 Å². The average molecular weight is 254 g/mol. The molecule has 0 atom stereocenters. The average Bonchev–Trinajstić information content (AvgIpc) is 2.23. The summed E-state index contributed by atoms with van der Waals surface area (Å²) in [7, 11) is 0. The van der Waals surface area contributed by atoms with Gasteiger partial charge in [0.2, 0.25) is 0 Å². The van der Waals surface area contributed by atoms with E-state index >= 15 is 0 Å². The number of nitrogens with two attached hydrogens (primary N) is 1. The highest BCUT2D eigenvalue weighted by atomic mass is 32.1. The maximum Gasteiger partial charge on any atom is 0.123 e. The minimum Gasteiger partial charge on any atom is -0.393 e. The molecule has 0 amide bonds. The van der Waals surface area contributed by atoms with Crippen LogP contribution in [0, 0.1) is 5.82 Å². The lowest BCUT2D eigenvalue weighted by Gasteiger charge is -2.26. The number of halogens is 1. The largest absolute Gasteiger partial charge is 0.393 e. The Balaban J connectivity index is 2.63. The van der Waals surface area contributed by atoms with Crippen molar-refractivity contribution in [2.24, 2.45) is 5.73 Å². The van der Waals surface area contributed by atoms with Crippen LogP contribution in [0.25, 0.3) is 0 Å². The Kier molecular flexibility index (Phi) is 5.51. The van der Waals surface area contributed by atoms with Gasteiger partial charge in [0, 0.05) is 25.6 Å². The van der Waals surface area contributed by atoms with Crippen molar-refractivity contribution in [1.29, 1.82) is 0 Å². The second-order valence-electron chi connectivity index (χ2n) is 4.41. The molecule has 0 spiro atoms. The van der Waals surface area contributed by atoms with Crippen molar-refractivity contribution in [2.45, 2.75) is 32.9 Å². The first-order valence-corrected chi connectivity index (χ1v) is 6.16. The van der Waals surface area contributed by atoms with Crippen molar-refractivity contribution in [2.75, 3.05) is 6.54 Å². The summed E-state index contributed by atoms with van der Waals surface area (Å²) in [6.07, 6.45) is 0.697. The van der Waals surface area contributed by atoms with Gasteiger partial charge in [0.25, 0.3) is 0 Å². The van der Waals surface area contributed by atoms with Crippen molar-refractivity contribution in [3.63, 3.8) is 0 Å². The molecule has 0 aliphatic rings. The van der Waals surface area contributed by atoms with Crippen molar-refractivity contribution in [1.82, 2.24) is 4.90 Å². The third-order valence-electron chi connectivity index (χ3n) is 2.65. The van der Waals surface area contributed by atoms with Crippen LogP contribution in [0.1, 0.15) is 25.8 Å². The fourth-order valence-corrected chi connectivity index (χ4v) is 1.73. The van der Waals surface area contributed by atoms with Gasteiger partial charge < -0.3 is 5.73 Å². The van der Waals surface area contributed by atoms with E-state index in [9.17, 15) is 4.39 Å². The fraction of sp³-hybridized carbons (Fsp3) is 0.462. The quantitative estimate of drug-likeness (QED) is 0.791. The van der Waals surface area contributed by atoms with E-state index in [1.54, 1.807) is 12.1 Å². The summed E-state index contributed by atoms with van der Waals surface area (Å²) in [5.41, 5.74) is 6.48. The molecule has 0 aromatic heterocycles. The first-order chi connectivity index (χ1) is 7.99. The second-order valence-corrected chi connectivity index (χ2v) is 4.93. The molecule has 1 aromatic rings. The predicted octanol–water partition coefficient (Wildman–Crippen LogP) is 2.71. The lowest BCUT2D eigenvalue weighted by atomic mass is 10.1. The molecule has 17 heavy (non-hydrogen) atoms. The van der Waals surface area contributed by atoms with Crippen LogP contribution in [0.3, 0.4) is 0 Å². The molecule has 1 aromatic carbocycles. The standard InChI is InChI=1S/C13H19FN2S/c1-10(2)16(7-6-13(15)17)9-11-4-3-5-12(14)8-11/h3-5,8,10H,6-7,9H2,1-2H3,(H2,15,17). The first kappa shape index (κ1) is 14.1. The van der Waals surface area contributed by atoms with Gasteiger partial charge in [0.1, 0.15) is 5.82 Å². The zero-order valence-corrected chi connectivity index (χ0v) is 11.1. The van der Waals surface area contributed by atoms with Gasteiger partial charge in [-0.25, -0.2) is 4.39 Å². The van der Waals surface area contributed by atoms with Crippen molar-refractivity contribution in [3.8, 4) is 0 Å². The summed E-state index contributed by atoms with van der Waals surface area (Å²) in [4.78, 5) is 2.75. The van der Waals surface area contributed by atoms with Crippen LogP contribution in [-0.4, -0.2) is 22.5 Å². The number of hydrogen-bond donors (Lipinski definition) is 1. The Morgan fingerprint density at radius 3 is 2.71 bits per heavy atom. The summed E-state index contributed by atoms with van der Waals surface area (Å²) in [6, 6.07) is 7.07. The smallest absolute Gasteiger partial charge is 0.123 e. The van der Waals surface area contributed by atoms with Gasteiger partial charge in [-0.2, -0.15) is 0 Å². The number of thiocarbonyl (C=S) groups is 1. The van der Waals surface area contributed by atoms with E-state index in [0.29, 0.717) is 17.5 Å². The molecule has 0 radical (unpaired) electrons. The van der Waals surface area contributed by atoms with Crippen LogP contribution >= 0.6 is 12.2 Å². The minimum atomic E-state index is -0.194. The van der Waals surface area contributed by atoms with Crippen molar-refractivity contribution in [3.05, 3.63) is 35.6 Å². The molecule has 0 saturated heterocycles. The van der Waals surface area contributed by atoms with Crippen molar-refractivity contribution >= 4 is 17.2 Å². The Morgan fingerprint density at radius 2 is 2.18 bits per heavy atom. The number of hydrogen-bond acceptors (Lipinski definition) is 2. The highest BCUT2D eigenvalue weighted by Crippen LogP contribution is 2.10. The molecule has 2 N–H and O–H groups in total. The zero-order chi connectivity index (χ0) is 12.8. The molecule has 1 rings (SSSR count). The van der Waals surface area contributed by atoms with Crippen LogP contribution < -0.4 is 5.73 Å². The lowest BCUT2D eigenvalue weighted by Crippen LogP contribution is -2.33. The SMILES string of the molecule is CC(C)N(CCC(N)=S)Cc1cccc(F)c1. The van der Waals surface area contributed by atoms with Gasteiger partial charge in [0.15, 0.2) is 0 Å². The summed E-state index contributed by atoms with van der Waals surface area (Å²) in [6.45, 7) is 5.75. The van der Waals surface area contributed by atoms with E-state index in [4.69, 9.17) is 18.0 Å². The Bertz CT molecular complexity index is 379. The molecule has 0 unspecified atom stereocenters. The number of benzene rings is 1. The molecule has 4 heteroatoms. The van der Waals surface area contributed by atoms with Crippen LogP contribution in [0.4, 0.5) is 4.39 Å². The van der Waals surface area contributed by atoms with Crippen molar-refractivity contribution < 1.29 is 4.39 Å².